The topological polar surface area (TPSA) is 24.9 Å². The molecule has 0 spiro atoms. The van der Waals surface area contributed by atoms with E-state index in [9.17, 15) is 0 Å². The highest BCUT2D eigenvalue weighted by Gasteiger charge is 2.47. The van der Waals surface area contributed by atoms with Crippen LogP contribution >= 0.6 is 68.7 Å². The Morgan fingerprint density at radius 3 is 1.47 bits per heavy atom. The minimum Gasteiger partial charge on any atom is -0.458 e. The molecule has 4 aliphatic heterocycles. The lowest BCUT2D eigenvalue weighted by Crippen LogP contribution is -2.61. The van der Waals surface area contributed by atoms with E-state index in [2.05, 4.69) is 269 Å². The Bertz CT molecular complexity index is 3880. The number of thioether (sulfide) groups is 1. The van der Waals surface area contributed by atoms with Gasteiger partial charge in [0.15, 0.2) is 0 Å². The third-order valence-electron chi connectivity index (χ3n) is 16.7. The van der Waals surface area contributed by atoms with E-state index in [0.29, 0.717) is 0 Å². The van der Waals surface area contributed by atoms with Gasteiger partial charge in [-0.2, -0.15) is 0 Å². The van der Waals surface area contributed by atoms with Crippen LogP contribution < -0.4 is 46.6 Å². The monoisotopic (exact) mass is 1350 g/mol. The van der Waals surface area contributed by atoms with Crippen molar-refractivity contribution in [1.82, 2.24) is 0 Å². The Balaban J connectivity index is 1.08. The van der Waals surface area contributed by atoms with Crippen molar-refractivity contribution < 1.29 is 9.47 Å². The summed E-state index contributed by atoms with van der Waals surface area (Å²) in [7, 11) is 0. The molecule has 0 N–H and O–H groups in total. The highest BCUT2D eigenvalue weighted by atomic mass is 127. The van der Waals surface area contributed by atoms with Crippen LogP contribution in [0.1, 0.15) is 123 Å². The number of nitrogens with zero attached hydrogens (tertiary/aromatic N) is 2. The van der Waals surface area contributed by atoms with Crippen molar-refractivity contribution in [3.8, 4) is 23.0 Å². The normalized spacial score (nSPS) is 13.5. The minimum absolute atomic E-state index is 0.0937. The summed E-state index contributed by atoms with van der Waals surface area (Å²) in [6.45, 7) is 25.4. The van der Waals surface area contributed by atoms with Crippen LogP contribution in [0.4, 0.5) is 34.1 Å². The van der Waals surface area contributed by atoms with Crippen molar-refractivity contribution >= 4 is 144 Å². The zero-order chi connectivity index (χ0) is 57.8. The second-order valence-electron chi connectivity index (χ2n) is 24.3. The number of rotatable bonds is 17. The molecule has 8 aromatic rings. The Kier molecular flexibility index (Phi) is 16.8. The fourth-order valence-electron chi connectivity index (χ4n) is 12.6. The van der Waals surface area contributed by atoms with Crippen LogP contribution in [0.3, 0.4) is 0 Å². The highest BCUT2D eigenvalue weighted by Crippen LogP contribution is 2.50. The van der Waals surface area contributed by atoms with Crippen molar-refractivity contribution in [3.05, 3.63) is 209 Å². The third-order valence-corrected chi connectivity index (χ3v) is 20.4. The van der Waals surface area contributed by atoms with Crippen LogP contribution in [0.5, 0.6) is 23.0 Å². The van der Waals surface area contributed by atoms with E-state index >= 15 is 0 Å². The first kappa shape index (κ1) is 57.9. The van der Waals surface area contributed by atoms with Crippen LogP contribution in [0.15, 0.2) is 194 Å². The van der Waals surface area contributed by atoms with Crippen LogP contribution in [0.2, 0.25) is 0 Å². The Hall–Kier alpha value is -5.53. The number of aryl methyl sites for hydroxylation is 3. The van der Waals surface area contributed by atoms with Crippen molar-refractivity contribution in [1.29, 1.82) is 0 Å². The maximum atomic E-state index is 7.54. The van der Waals surface area contributed by atoms with Gasteiger partial charge in [-0.3, -0.25) is 0 Å². The van der Waals surface area contributed by atoms with E-state index in [1.165, 1.54) is 113 Å². The number of unbranched alkanes of at least 4 members (excludes halogenated alkanes) is 3. The molecule has 4 aliphatic rings. The average molecular weight is 1350 g/mol. The molecular weight excluding hydrogens is 1280 g/mol. The fourth-order valence-corrected chi connectivity index (χ4v) is 16.1. The summed E-state index contributed by atoms with van der Waals surface area (Å²) in [6.07, 6.45) is 12.3. The molecule has 4 heterocycles. The van der Waals surface area contributed by atoms with Crippen molar-refractivity contribution in [2.75, 3.05) is 9.80 Å². The fraction of sp³-hybridized carbons (Fsp3) is 0.260. The number of allylic oxidation sites excluding steroid dienone is 4. The van der Waals surface area contributed by atoms with E-state index in [1.54, 1.807) is 0 Å². The lowest BCUT2D eigenvalue weighted by atomic mass is 9.31. The number of hydrogen-bond acceptors (Lipinski definition) is 6. The summed E-state index contributed by atoms with van der Waals surface area (Å²) >= 11 is 8.60. The van der Waals surface area contributed by atoms with E-state index in [4.69, 9.17) is 16.1 Å². The van der Waals surface area contributed by atoms with Crippen LogP contribution in [0, 0.1) is 14.1 Å². The van der Waals surface area contributed by atoms with E-state index in [0.717, 1.165) is 94.7 Å². The maximum Gasteiger partial charge on any atom is 0.254 e. The summed E-state index contributed by atoms with van der Waals surface area (Å²) in [5.74, 6) is 3.40. The SMILES string of the molecule is C=C(CCCC)C1=C(C=C(C)C)Sc2cc(N(c3ccc(I)cc3)c3ccc(CCCC)cc3)cc3c2B1c1cc2c(cc1O3)Oc1cc(N(c3ccc(I)cc3)c3ccc(CCCC)cc3)cc3c1B2c1c(cc(C)cc1C(C)(C)C)S3. The first-order valence-corrected chi connectivity index (χ1v) is 33.6. The van der Waals surface area contributed by atoms with Crippen LogP contribution in [0.25, 0.3) is 0 Å². The van der Waals surface area contributed by atoms with E-state index < -0.39 is 0 Å². The predicted octanol–water partition coefficient (Wildman–Crippen LogP) is 19.5. The van der Waals surface area contributed by atoms with Gasteiger partial charge in [0.2, 0.25) is 0 Å². The van der Waals surface area contributed by atoms with Gasteiger partial charge in [-0.1, -0.05) is 155 Å². The lowest BCUT2D eigenvalue weighted by Gasteiger charge is -2.40. The summed E-state index contributed by atoms with van der Waals surface area (Å²) in [6, 6.07) is 55.3. The highest BCUT2D eigenvalue weighted by molar-refractivity contribution is 14.1. The second-order valence-corrected chi connectivity index (χ2v) is 28.9. The maximum absolute atomic E-state index is 7.54. The first-order chi connectivity index (χ1) is 40.1. The van der Waals surface area contributed by atoms with Gasteiger partial charge in [0.25, 0.3) is 13.4 Å². The largest absolute Gasteiger partial charge is 0.458 e. The Morgan fingerprint density at radius 1 is 0.530 bits per heavy atom. The first-order valence-electron chi connectivity index (χ1n) is 29.9. The molecule has 8 aromatic carbocycles. The quantitative estimate of drug-likeness (QED) is 0.0666. The zero-order valence-corrected chi connectivity index (χ0v) is 55.4. The Morgan fingerprint density at radius 2 is 0.988 bits per heavy atom. The number of anilines is 6. The molecule has 418 valence electrons. The van der Waals surface area contributed by atoms with Crippen molar-refractivity contribution in [2.24, 2.45) is 0 Å². The molecule has 83 heavy (non-hydrogen) atoms. The molecule has 10 heteroatoms. The number of ether oxygens (including phenoxy) is 2. The van der Waals surface area contributed by atoms with Gasteiger partial charge in [0, 0.05) is 67.7 Å². The predicted molar refractivity (Wildman–Crippen MR) is 376 cm³/mol. The number of benzene rings is 8. The molecule has 0 bridgehead atoms. The van der Waals surface area contributed by atoms with Crippen LogP contribution in [-0.2, 0) is 18.3 Å². The minimum atomic E-state index is -0.129. The van der Waals surface area contributed by atoms with Gasteiger partial charge in [0.1, 0.15) is 23.0 Å². The van der Waals surface area contributed by atoms with Gasteiger partial charge >= 0.3 is 0 Å². The second kappa shape index (κ2) is 24.1. The smallest absolute Gasteiger partial charge is 0.254 e. The van der Waals surface area contributed by atoms with Crippen LogP contribution in [-0.4, -0.2) is 13.4 Å². The molecule has 0 saturated heterocycles. The molecule has 0 fully saturated rings. The molecule has 0 amide bonds. The third kappa shape index (κ3) is 11.4. The molecular formula is C73H72B2I2N2O2S2. The molecule has 0 unspecified atom stereocenters. The molecule has 12 rings (SSSR count). The van der Waals surface area contributed by atoms with Crippen molar-refractivity contribution in [2.45, 2.75) is 140 Å². The lowest BCUT2D eigenvalue weighted by molar-refractivity contribution is 0.464. The molecule has 0 radical (unpaired) electrons. The van der Waals surface area contributed by atoms with Gasteiger partial charge in [-0.15, -0.1) is 0 Å². The van der Waals surface area contributed by atoms with Gasteiger partial charge in [-0.05, 0) is 245 Å². The van der Waals surface area contributed by atoms with Gasteiger partial charge in [0.05, 0.1) is 11.4 Å². The molecule has 0 atom stereocenters. The average Bonchev–Trinajstić information content (AvgIpc) is 0.879. The van der Waals surface area contributed by atoms with Gasteiger partial charge in [-0.25, -0.2) is 0 Å². The summed E-state index contributed by atoms with van der Waals surface area (Å²) in [4.78, 5) is 9.80. The molecule has 0 aromatic heterocycles. The summed E-state index contributed by atoms with van der Waals surface area (Å²) in [5, 5.41) is 0. The summed E-state index contributed by atoms with van der Waals surface area (Å²) < 4.78 is 17.5. The zero-order valence-electron chi connectivity index (χ0n) is 49.4. The summed E-state index contributed by atoms with van der Waals surface area (Å²) in [5.41, 5.74) is 21.7. The number of fused-ring (bicyclic) bond motifs is 6. The van der Waals surface area contributed by atoms with E-state index in [1.807, 2.05) is 23.5 Å². The van der Waals surface area contributed by atoms with Crippen molar-refractivity contribution in [3.63, 3.8) is 0 Å². The van der Waals surface area contributed by atoms with E-state index in [-0.39, 0.29) is 18.8 Å². The molecule has 0 saturated carbocycles. The Labute approximate surface area is 530 Å². The molecule has 0 aliphatic carbocycles. The molecule has 4 nitrogen and oxygen atoms in total. The van der Waals surface area contributed by atoms with Gasteiger partial charge < -0.3 is 19.3 Å². The standard InChI is InChI=1S/C73H72B2I2N2O2S2/c1-11-14-17-47(7)69-65(36-45(4)5)82-67-41-56(78(54-32-24-50(76)25-33-54)52-28-20-48(21-29-52)18-15-12-2)39-63-71(67)74(69)59-43-60-62(44-61(59)80-63)81-64-40-57(42-68-72(64)75(60)70-58(73(8,9)10)37-46(6)38-66(70)83-68)79(55-34-26-51(77)27-35-55)53-30-22-49(23-31-53)19-16-13-3/h20-44H,7,11-19H2,1-6,8-10H3. The number of halogens is 2. The number of hydrogen-bond donors (Lipinski definition) is 0.